The molecule has 7 nitrogen and oxygen atoms in total. The van der Waals surface area contributed by atoms with Crippen LogP contribution in [0.25, 0.3) is 0 Å². The fraction of sp³-hybridized carbons (Fsp3) is 0.579. The van der Waals surface area contributed by atoms with Gasteiger partial charge in [0, 0.05) is 26.6 Å². The Labute approximate surface area is 154 Å². The number of carbonyl (C=O) groups excluding carboxylic acids is 2. The molecule has 1 fully saturated rings. The maximum absolute atomic E-state index is 12.2. The number of benzene rings is 1. The first-order chi connectivity index (χ1) is 12.5. The number of nitrogens with zero attached hydrogens (tertiary/aromatic N) is 2. The predicted octanol–water partition coefficient (Wildman–Crippen LogP) is 1.25. The summed E-state index contributed by atoms with van der Waals surface area (Å²) in [6, 6.07) is 7.73. The summed E-state index contributed by atoms with van der Waals surface area (Å²) in [7, 11) is 0. The highest BCUT2D eigenvalue weighted by atomic mass is 16.5. The van der Waals surface area contributed by atoms with Gasteiger partial charge in [-0.15, -0.1) is 0 Å². The molecule has 2 rings (SSSR count). The van der Waals surface area contributed by atoms with Crippen LogP contribution in [0.3, 0.4) is 0 Å². The van der Waals surface area contributed by atoms with Crippen molar-refractivity contribution < 1.29 is 19.4 Å². The summed E-state index contributed by atoms with van der Waals surface area (Å²) < 4.78 is 5.64. The monoisotopic (exact) mass is 363 g/mol. The quantitative estimate of drug-likeness (QED) is 0.746. The van der Waals surface area contributed by atoms with Crippen LogP contribution >= 0.6 is 0 Å². The zero-order valence-electron chi connectivity index (χ0n) is 15.6. The van der Waals surface area contributed by atoms with E-state index >= 15 is 0 Å². The summed E-state index contributed by atoms with van der Waals surface area (Å²) >= 11 is 0. The van der Waals surface area contributed by atoms with Gasteiger partial charge >= 0.3 is 6.03 Å². The molecule has 1 aromatic rings. The van der Waals surface area contributed by atoms with Crippen LogP contribution in [0, 0.1) is 0 Å². The van der Waals surface area contributed by atoms with E-state index in [0.717, 1.165) is 18.6 Å². The highest BCUT2D eigenvalue weighted by Gasteiger charge is 2.25. The normalized spacial score (nSPS) is 17.6. The van der Waals surface area contributed by atoms with E-state index in [1.165, 1.54) is 17.4 Å². The van der Waals surface area contributed by atoms with Crippen LogP contribution in [0.4, 0.5) is 4.79 Å². The van der Waals surface area contributed by atoms with Gasteiger partial charge in [-0.3, -0.25) is 4.79 Å². The van der Waals surface area contributed by atoms with Gasteiger partial charge in [-0.1, -0.05) is 25.5 Å². The molecule has 0 bridgehead atoms. The first kappa shape index (κ1) is 20.0. The Morgan fingerprint density at radius 2 is 1.85 bits per heavy atom. The molecule has 1 saturated heterocycles. The second kappa shape index (κ2) is 10.0. The summed E-state index contributed by atoms with van der Waals surface area (Å²) in [5.74, 6) is 0.686. The van der Waals surface area contributed by atoms with E-state index in [4.69, 9.17) is 4.74 Å². The second-order valence-electron chi connectivity index (χ2n) is 6.54. The molecule has 0 aliphatic carbocycles. The van der Waals surface area contributed by atoms with E-state index < -0.39 is 6.10 Å². The van der Waals surface area contributed by atoms with E-state index in [0.29, 0.717) is 26.2 Å². The minimum atomic E-state index is -0.731. The number of aliphatic hydroxyl groups excluding tert-OH is 1. The molecule has 0 aromatic heterocycles. The molecular formula is C19H29N3O4. The molecule has 1 heterocycles. The van der Waals surface area contributed by atoms with Crippen molar-refractivity contribution in [2.45, 2.75) is 32.8 Å². The Morgan fingerprint density at radius 1 is 1.19 bits per heavy atom. The summed E-state index contributed by atoms with van der Waals surface area (Å²) in [6.45, 7) is 5.67. The third-order valence-electron chi connectivity index (χ3n) is 4.34. The Balaban J connectivity index is 1.71. The van der Waals surface area contributed by atoms with Crippen LogP contribution in [-0.4, -0.2) is 72.3 Å². The highest BCUT2D eigenvalue weighted by Crippen LogP contribution is 2.13. The number of aryl methyl sites for hydroxylation is 1. The molecule has 3 amide bonds. The Kier molecular flexibility index (Phi) is 7.72. The summed E-state index contributed by atoms with van der Waals surface area (Å²) in [6.07, 6.45) is 1.44. The zero-order chi connectivity index (χ0) is 18.9. The molecule has 0 unspecified atom stereocenters. The van der Waals surface area contributed by atoms with E-state index in [9.17, 15) is 14.7 Å². The van der Waals surface area contributed by atoms with Crippen LogP contribution in [0.15, 0.2) is 24.3 Å². The van der Waals surface area contributed by atoms with Gasteiger partial charge in [0.25, 0.3) is 0 Å². The number of rotatable bonds is 6. The van der Waals surface area contributed by atoms with Gasteiger partial charge in [-0.2, -0.15) is 0 Å². The standard InChI is InChI=1S/C19H29N3O4/c1-3-4-16-5-7-18(8-6-16)26-12-9-20-19(25)22-11-10-21(15(2)23)13-17(24)14-22/h5-8,17,24H,3-4,9-14H2,1-2H3,(H,20,25)/t17-/m1/s1. The molecule has 0 spiro atoms. The highest BCUT2D eigenvalue weighted by molar-refractivity contribution is 5.75. The summed E-state index contributed by atoms with van der Waals surface area (Å²) in [5, 5.41) is 12.8. The molecule has 0 saturated carbocycles. The third-order valence-corrected chi connectivity index (χ3v) is 4.34. The number of hydrogen-bond acceptors (Lipinski definition) is 4. The smallest absolute Gasteiger partial charge is 0.317 e. The lowest BCUT2D eigenvalue weighted by Gasteiger charge is -2.22. The van der Waals surface area contributed by atoms with Crippen LogP contribution in [0.2, 0.25) is 0 Å². The molecule has 144 valence electrons. The Hall–Kier alpha value is -2.28. The molecule has 1 aliphatic heterocycles. The van der Waals surface area contributed by atoms with Crippen molar-refractivity contribution >= 4 is 11.9 Å². The lowest BCUT2D eigenvalue weighted by molar-refractivity contribution is -0.129. The van der Waals surface area contributed by atoms with Gasteiger partial charge in [0.05, 0.1) is 19.2 Å². The summed E-state index contributed by atoms with van der Waals surface area (Å²) in [5.41, 5.74) is 1.28. The predicted molar refractivity (Wildman–Crippen MR) is 99.2 cm³/mol. The molecule has 26 heavy (non-hydrogen) atoms. The molecule has 1 aliphatic rings. The molecule has 2 N–H and O–H groups in total. The number of nitrogens with one attached hydrogen (secondary N) is 1. The minimum absolute atomic E-state index is 0.0929. The zero-order valence-corrected chi connectivity index (χ0v) is 15.6. The second-order valence-corrected chi connectivity index (χ2v) is 6.54. The van der Waals surface area contributed by atoms with Gasteiger partial charge in [0.15, 0.2) is 0 Å². The number of urea groups is 1. The first-order valence-electron chi connectivity index (χ1n) is 9.17. The lowest BCUT2D eigenvalue weighted by Crippen LogP contribution is -2.45. The van der Waals surface area contributed by atoms with E-state index in [-0.39, 0.29) is 25.0 Å². The number of β-amino-alcohol motifs (C(OH)–C–C–N with tert-alkyl or cyclic N) is 1. The van der Waals surface area contributed by atoms with Gasteiger partial charge in [-0.25, -0.2) is 4.79 Å². The van der Waals surface area contributed by atoms with Crippen molar-refractivity contribution in [1.82, 2.24) is 15.1 Å². The van der Waals surface area contributed by atoms with Gasteiger partial charge in [-0.05, 0) is 24.1 Å². The maximum Gasteiger partial charge on any atom is 0.317 e. The number of carbonyl (C=O) groups is 2. The van der Waals surface area contributed by atoms with Crippen molar-refractivity contribution in [2.24, 2.45) is 0 Å². The van der Waals surface area contributed by atoms with Gasteiger partial charge in [0.2, 0.25) is 5.91 Å². The van der Waals surface area contributed by atoms with Crippen LogP contribution < -0.4 is 10.1 Å². The molecular weight excluding hydrogens is 334 g/mol. The van der Waals surface area contributed by atoms with E-state index in [1.807, 2.05) is 12.1 Å². The molecule has 1 aromatic carbocycles. The minimum Gasteiger partial charge on any atom is -0.492 e. The number of aliphatic hydroxyl groups is 1. The van der Waals surface area contributed by atoms with Crippen molar-refractivity contribution in [1.29, 1.82) is 0 Å². The fourth-order valence-corrected chi connectivity index (χ4v) is 2.94. The number of hydrogen-bond donors (Lipinski definition) is 2. The lowest BCUT2D eigenvalue weighted by atomic mass is 10.1. The van der Waals surface area contributed by atoms with Crippen molar-refractivity contribution in [3.8, 4) is 5.75 Å². The number of amides is 3. The van der Waals surface area contributed by atoms with Crippen molar-refractivity contribution in [2.75, 3.05) is 39.3 Å². The summed E-state index contributed by atoms with van der Waals surface area (Å²) in [4.78, 5) is 26.8. The maximum atomic E-state index is 12.2. The van der Waals surface area contributed by atoms with Crippen molar-refractivity contribution in [3.05, 3.63) is 29.8 Å². The van der Waals surface area contributed by atoms with Crippen LogP contribution in [0.5, 0.6) is 5.75 Å². The van der Waals surface area contributed by atoms with Gasteiger partial charge in [0.1, 0.15) is 12.4 Å². The Morgan fingerprint density at radius 3 is 2.50 bits per heavy atom. The van der Waals surface area contributed by atoms with Crippen LogP contribution in [0.1, 0.15) is 25.8 Å². The van der Waals surface area contributed by atoms with Crippen molar-refractivity contribution in [3.63, 3.8) is 0 Å². The Bertz CT molecular complexity index is 591. The van der Waals surface area contributed by atoms with Crippen LogP contribution in [-0.2, 0) is 11.2 Å². The fourth-order valence-electron chi connectivity index (χ4n) is 2.94. The first-order valence-corrected chi connectivity index (χ1v) is 9.17. The van der Waals surface area contributed by atoms with E-state index in [2.05, 4.69) is 24.4 Å². The molecule has 0 radical (unpaired) electrons. The third kappa shape index (κ3) is 6.22. The molecule has 7 heteroatoms. The average molecular weight is 363 g/mol. The molecule has 1 atom stereocenters. The average Bonchev–Trinajstić information content (AvgIpc) is 2.82. The van der Waals surface area contributed by atoms with Gasteiger partial charge < -0.3 is 25.0 Å². The number of ether oxygens (including phenoxy) is 1. The van der Waals surface area contributed by atoms with E-state index in [1.54, 1.807) is 4.90 Å². The topological polar surface area (TPSA) is 82.1 Å². The largest absolute Gasteiger partial charge is 0.492 e. The SMILES string of the molecule is CCCc1ccc(OCCNC(=O)N2CCN(C(C)=O)C[C@@H](O)C2)cc1.